The van der Waals surface area contributed by atoms with Gasteiger partial charge in [-0.05, 0) is 31.0 Å². The number of cyclic esters (lactones) is 1. The molecule has 30 heavy (non-hydrogen) atoms. The van der Waals surface area contributed by atoms with Gasteiger partial charge < -0.3 is 19.1 Å². The number of carbonyl (C=O) groups excluding carboxylic acids is 1. The monoisotopic (exact) mass is 421 g/mol. The highest BCUT2D eigenvalue weighted by Crippen LogP contribution is 2.38. The van der Waals surface area contributed by atoms with Gasteiger partial charge in [0.05, 0.1) is 23.7 Å². The fourth-order valence-corrected chi connectivity index (χ4v) is 3.78. The number of anilines is 1. The van der Waals surface area contributed by atoms with Gasteiger partial charge in [-0.3, -0.25) is 4.79 Å². The Kier molecular flexibility index (Phi) is 5.08. The van der Waals surface area contributed by atoms with Crippen LogP contribution in [0.5, 0.6) is 5.75 Å². The molecule has 2 atom stereocenters. The number of nitrogens with zero attached hydrogens (tertiary/aromatic N) is 3. The van der Waals surface area contributed by atoms with Crippen molar-refractivity contribution in [1.82, 2.24) is 9.55 Å². The first kappa shape index (κ1) is 20.1. The van der Waals surface area contributed by atoms with Crippen LogP contribution in [0, 0.1) is 12.8 Å². The van der Waals surface area contributed by atoms with Gasteiger partial charge in [0.2, 0.25) is 0 Å². The van der Waals surface area contributed by atoms with Crippen LogP contribution in [0.25, 0.3) is 11.4 Å². The number of fused-ring (bicyclic) bond motifs is 3. The van der Waals surface area contributed by atoms with E-state index >= 15 is 0 Å². The van der Waals surface area contributed by atoms with E-state index in [0.29, 0.717) is 42.4 Å². The standard InChI is InChI=1S/C20H21F2N3O5/c1-10(19(26)27)7-12-3-4-13-15(8-12)29-6-5-24-11(2)17(23-18(13)24)25-14(16(21)22)9-30-20(25)28/h3-4,8,10,14,16H,5-7,9H2,1-2H3,(H,26,27)/t10-,14+/m1/s1. The Balaban J connectivity index is 1.74. The molecule has 8 nitrogen and oxygen atoms in total. The van der Waals surface area contributed by atoms with Crippen LogP contribution >= 0.6 is 0 Å². The van der Waals surface area contributed by atoms with E-state index in [1.54, 1.807) is 32.0 Å². The average molecular weight is 421 g/mol. The van der Waals surface area contributed by atoms with Crippen molar-refractivity contribution in [2.24, 2.45) is 5.92 Å². The lowest BCUT2D eigenvalue weighted by atomic mass is 9.99. The molecule has 0 unspecified atom stereocenters. The van der Waals surface area contributed by atoms with E-state index in [2.05, 4.69) is 4.98 Å². The number of hydrogen-bond donors (Lipinski definition) is 1. The summed E-state index contributed by atoms with van der Waals surface area (Å²) in [4.78, 5) is 28.7. The summed E-state index contributed by atoms with van der Waals surface area (Å²) in [5.74, 6) is -0.241. The molecule has 2 aliphatic rings. The van der Waals surface area contributed by atoms with Gasteiger partial charge in [0, 0.05) is 0 Å². The number of carbonyl (C=O) groups is 2. The van der Waals surface area contributed by atoms with Crippen LogP contribution in [0.3, 0.4) is 0 Å². The Bertz CT molecular complexity index is 1010. The van der Waals surface area contributed by atoms with Crippen LogP contribution in [0.15, 0.2) is 18.2 Å². The van der Waals surface area contributed by atoms with Crippen LogP contribution in [0.2, 0.25) is 0 Å². The smallest absolute Gasteiger partial charge is 0.416 e. The van der Waals surface area contributed by atoms with Gasteiger partial charge in [-0.1, -0.05) is 13.0 Å². The normalized spacial score (nSPS) is 19.0. The number of benzene rings is 1. The van der Waals surface area contributed by atoms with Gasteiger partial charge >= 0.3 is 12.1 Å². The number of ether oxygens (including phenoxy) is 2. The van der Waals surface area contributed by atoms with Crippen LogP contribution in [0.4, 0.5) is 19.4 Å². The zero-order chi connectivity index (χ0) is 21.6. The minimum absolute atomic E-state index is 0.147. The number of halogens is 2. The van der Waals surface area contributed by atoms with E-state index in [4.69, 9.17) is 14.6 Å². The number of alkyl halides is 2. The highest BCUT2D eigenvalue weighted by Gasteiger charge is 2.43. The number of rotatable bonds is 5. The molecule has 0 spiro atoms. The molecule has 160 valence electrons. The Morgan fingerprint density at radius 2 is 2.13 bits per heavy atom. The molecular formula is C20H21F2N3O5. The fraction of sp³-hybridized carbons (Fsp3) is 0.450. The molecule has 1 N–H and O–H groups in total. The molecule has 4 rings (SSSR count). The van der Waals surface area contributed by atoms with E-state index in [-0.39, 0.29) is 12.4 Å². The number of hydrogen-bond acceptors (Lipinski definition) is 5. The van der Waals surface area contributed by atoms with Crippen molar-refractivity contribution in [1.29, 1.82) is 0 Å². The van der Waals surface area contributed by atoms with E-state index in [0.717, 1.165) is 10.5 Å². The summed E-state index contributed by atoms with van der Waals surface area (Å²) < 4.78 is 39.3. The average Bonchev–Trinajstić information content (AvgIpc) is 3.16. The second kappa shape index (κ2) is 7.58. The molecule has 1 aromatic heterocycles. The Morgan fingerprint density at radius 1 is 1.37 bits per heavy atom. The topological polar surface area (TPSA) is 93.9 Å². The maximum atomic E-state index is 13.4. The molecule has 2 aromatic rings. The minimum Gasteiger partial charge on any atom is -0.491 e. The van der Waals surface area contributed by atoms with Crippen LogP contribution in [-0.4, -0.2) is 52.4 Å². The number of amides is 1. The van der Waals surface area contributed by atoms with Crippen molar-refractivity contribution in [3.63, 3.8) is 0 Å². The molecule has 0 aliphatic carbocycles. The number of aromatic nitrogens is 2. The highest BCUT2D eigenvalue weighted by atomic mass is 19.3. The molecule has 3 heterocycles. The summed E-state index contributed by atoms with van der Waals surface area (Å²) in [6, 6.07) is 3.97. The number of carboxylic acid groups (broad SMARTS) is 1. The number of imidazole rings is 1. The van der Waals surface area contributed by atoms with Crippen molar-refractivity contribution in [2.75, 3.05) is 18.1 Å². The summed E-state index contributed by atoms with van der Waals surface area (Å²) >= 11 is 0. The first-order chi connectivity index (χ1) is 14.3. The zero-order valence-corrected chi connectivity index (χ0v) is 16.5. The third-order valence-corrected chi connectivity index (χ3v) is 5.44. The van der Waals surface area contributed by atoms with Gasteiger partial charge in [-0.2, -0.15) is 0 Å². The van der Waals surface area contributed by atoms with Gasteiger partial charge in [0.15, 0.2) is 5.82 Å². The van der Waals surface area contributed by atoms with Gasteiger partial charge in [-0.25, -0.2) is 23.5 Å². The van der Waals surface area contributed by atoms with Crippen molar-refractivity contribution >= 4 is 17.9 Å². The van der Waals surface area contributed by atoms with Crippen LogP contribution < -0.4 is 9.64 Å². The fourth-order valence-electron chi connectivity index (χ4n) is 3.78. The highest BCUT2D eigenvalue weighted by molar-refractivity contribution is 5.90. The maximum Gasteiger partial charge on any atom is 0.416 e. The van der Waals surface area contributed by atoms with Crippen molar-refractivity contribution in [3.05, 3.63) is 29.5 Å². The van der Waals surface area contributed by atoms with E-state index in [1.165, 1.54) is 0 Å². The molecule has 1 saturated heterocycles. The van der Waals surface area contributed by atoms with Crippen molar-refractivity contribution in [3.8, 4) is 17.1 Å². The van der Waals surface area contributed by atoms with Crippen LogP contribution in [-0.2, 0) is 22.5 Å². The Labute approximate surface area is 171 Å². The Hall–Kier alpha value is -3.17. The van der Waals surface area contributed by atoms with Gasteiger partial charge in [0.1, 0.15) is 30.8 Å². The predicted molar refractivity (Wildman–Crippen MR) is 102 cm³/mol. The molecule has 0 bridgehead atoms. The molecule has 10 heteroatoms. The Morgan fingerprint density at radius 3 is 2.83 bits per heavy atom. The first-order valence-corrected chi connectivity index (χ1v) is 9.58. The third kappa shape index (κ3) is 3.35. The maximum absolute atomic E-state index is 13.4. The van der Waals surface area contributed by atoms with Crippen molar-refractivity contribution < 1.29 is 33.0 Å². The van der Waals surface area contributed by atoms with E-state index in [1.807, 2.05) is 4.57 Å². The quantitative estimate of drug-likeness (QED) is 0.797. The summed E-state index contributed by atoms with van der Waals surface area (Å²) in [6.07, 6.45) is -3.25. The molecule has 0 saturated carbocycles. The molecular weight excluding hydrogens is 400 g/mol. The minimum atomic E-state index is -2.76. The van der Waals surface area contributed by atoms with Crippen LogP contribution in [0.1, 0.15) is 18.2 Å². The van der Waals surface area contributed by atoms with E-state index in [9.17, 15) is 18.4 Å². The molecule has 2 aliphatic heterocycles. The lowest BCUT2D eigenvalue weighted by Crippen LogP contribution is -2.39. The number of carboxylic acids is 1. The van der Waals surface area contributed by atoms with E-state index < -0.39 is 30.4 Å². The summed E-state index contributed by atoms with van der Waals surface area (Å²) in [5, 5.41) is 9.14. The van der Waals surface area contributed by atoms with Gasteiger partial charge in [0.25, 0.3) is 6.43 Å². The lowest BCUT2D eigenvalue weighted by Gasteiger charge is -2.19. The van der Waals surface area contributed by atoms with Gasteiger partial charge in [-0.15, -0.1) is 0 Å². The van der Waals surface area contributed by atoms with Crippen molar-refractivity contribution in [2.45, 2.75) is 39.3 Å². The number of aliphatic carboxylic acids is 1. The predicted octanol–water partition coefficient (Wildman–Crippen LogP) is 3.10. The SMILES string of the molecule is Cc1c(N2C(=O)OC[C@H]2C(F)F)nc2n1CCOc1cc(C[C@@H](C)C(=O)O)ccc1-2. The second-order valence-electron chi connectivity index (χ2n) is 7.47. The first-order valence-electron chi connectivity index (χ1n) is 9.58. The molecule has 0 radical (unpaired) electrons. The summed E-state index contributed by atoms with van der Waals surface area (Å²) in [7, 11) is 0. The third-order valence-electron chi connectivity index (χ3n) is 5.44. The zero-order valence-electron chi connectivity index (χ0n) is 16.5. The second-order valence-corrected chi connectivity index (χ2v) is 7.47. The summed E-state index contributed by atoms with van der Waals surface area (Å²) in [5.41, 5.74) is 2.02. The largest absolute Gasteiger partial charge is 0.491 e. The molecule has 1 aromatic carbocycles. The molecule has 1 fully saturated rings. The lowest BCUT2D eigenvalue weighted by molar-refractivity contribution is -0.141. The molecule has 1 amide bonds. The summed E-state index contributed by atoms with van der Waals surface area (Å²) in [6.45, 7) is 3.70.